The number of hydrogen-bond acceptors (Lipinski definition) is 3. The van der Waals surface area contributed by atoms with Crippen molar-refractivity contribution >= 4 is 16.9 Å². The second kappa shape index (κ2) is 5.39. The first-order valence-electron chi connectivity index (χ1n) is 5.62. The van der Waals surface area contributed by atoms with E-state index in [9.17, 15) is 9.90 Å². The molecule has 2 N–H and O–H groups in total. The minimum atomic E-state index is -0.978. The Labute approximate surface area is 105 Å². The Hall–Kier alpha value is -2.25. The molecule has 1 heterocycles. The largest absolute Gasteiger partial charge is 0.478 e. The van der Waals surface area contributed by atoms with E-state index in [-0.39, 0.29) is 5.56 Å². The molecule has 1 aromatic heterocycles. The van der Waals surface area contributed by atoms with Gasteiger partial charge in [0, 0.05) is 18.4 Å². The monoisotopic (exact) mass is 243 g/mol. The summed E-state index contributed by atoms with van der Waals surface area (Å²) in [6.07, 6.45) is 5.74. The molecule has 0 aliphatic rings. The summed E-state index contributed by atoms with van der Waals surface area (Å²) < 4.78 is 5.55. The summed E-state index contributed by atoms with van der Waals surface area (Å²) in [6.45, 7) is 0.991. The van der Waals surface area contributed by atoms with Crippen LogP contribution < -0.4 is 5.32 Å². The number of terminal acetylenes is 1. The van der Waals surface area contributed by atoms with Crippen molar-refractivity contribution in [3.05, 3.63) is 35.6 Å². The third-order valence-corrected chi connectivity index (χ3v) is 2.61. The number of hydrogen-bond donors (Lipinski definition) is 2. The molecule has 4 heteroatoms. The van der Waals surface area contributed by atoms with E-state index in [1.807, 2.05) is 6.07 Å². The van der Waals surface area contributed by atoms with Gasteiger partial charge in [-0.3, -0.25) is 0 Å². The van der Waals surface area contributed by atoms with Gasteiger partial charge in [-0.2, -0.15) is 0 Å². The van der Waals surface area contributed by atoms with Crippen LogP contribution in [0.5, 0.6) is 0 Å². The lowest BCUT2D eigenvalue weighted by molar-refractivity contribution is 0.0696. The van der Waals surface area contributed by atoms with E-state index in [0.29, 0.717) is 36.2 Å². The Balaban J connectivity index is 2.29. The smallest absolute Gasteiger partial charge is 0.339 e. The molecular formula is C14H13NO3. The molecule has 0 unspecified atom stereocenters. The Morgan fingerprint density at radius 3 is 2.94 bits per heavy atom. The van der Waals surface area contributed by atoms with Gasteiger partial charge < -0.3 is 14.8 Å². The minimum Gasteiger partial charge on any atom is -0.478 e. The number of para-hydroxylation sites is 1. The van der Waals surface area contributed by atoms with Crippen LogP contribution >= 0.6 is 0 Å². The highest BCUT2D eigenvalue weighted by atomic mass is 16.4. The van der Waals surface area contributed by atoms with Crippen molar-refractivity contribution in [2.45, 2.75) is 13.0 Å². The number of nitrogens with one attached hydrogen (secondary N) is 1. The summed E-state index contributed by atoms with van der Waals surface area (Å²) in [6, 6.07) is 7.10. The second-order valence-electron chi connectivity index (χ2n) is 3.83. The third-order valence-electron chi connectivity index (χ3n) is 2.61. The number of carboxylic acids is 1. The number of fused-ring (bicyclic) bond motifs is 1. The normalized spacial score (nSPS) is 10.4. The topological polar surface area (TPSA) is 62.5 Å². The van der Waals surface area contributed by atoms with Crippen LogP contribution in [0.15, 0.2) is 28.7 Å². The molecule has 0 bridgehead atoms. The van der Waals surface area contributed by atoms with Gasteiger partial charge in [0.15, 0.2) is 0 Å². The molecule has 0 saturated heterocycles. The van der Waals surface area contributed by atoms with Crippen LogP contribution in [0.25, 0.3) is 11.0 Å². The van der Waals surface area contributed by atoms with Crippen LogP contribution in [-0.2, 0) is 6.54 Å². The van der Waals surface area contributed by atoms with Gasteiger partial charge in [0.1, 0.15) is 16.9 Å². The van der Waals surface area contributed by atoms with Crippen molar-refractivity contribution < 1.29 is 14.3 Å². The third kappa shape index (κ3) is 2.36. The number of benzene rings is 1. The van der Waals surface area contributed by atoms with E-state index < -0.39 is 5.97 Å². The van der Waals surface area contributed by atoms with Crippen LogP contribution in [0.1, 0.15) is 22.5 Å². The van der Waals surface area contributed by atoms with Gasteiger partial charge in [-0.25, -0.2) is 4.79 Å². The molecule has 0 amide bonds. The molecule has 0 spiro atoms. The molecule has 4 nitrogen and oxygen atoms in total. The summed E-state index contributed by atoms with van der Waals surface area (Å²) >= 11 is 0. The van der Waals surface area contributed by atoms with Crippen molar-refractivity contribution in [2.24, 2.45) is 0 Å². The minimum absolute atomic E-state index is 0.221. The SMILES string of the molecule is C#CCCNCc1oc2ccccc2c1C(=O)O. The lowest BCUT2D eigenvalue weighted by Gasteiger charge is -2.00. The van der Waals surface area contributed by atoms with Crippen LogP contribution in [0.3, 0.4) is 0 Å². The van der Waals surface area contributed by atoms with Crippen LogP contribution in [0, 0.1) is 12.3 Å². The van der Waals surface area contributed by atoms with Gasteiger partial charge in [0.2, 0.25) is 0 Å². The van der Waals surface area contributed by atoms with Crippen LogP contribution in [0.2, 0.25) is 0 Å². The average molecular weight is 243 g/mol. The number of aromatic carboxylic acids is 1. The van der Waals surface area contributed by atoms with Crippen molar-refractivity contribution in [3.8, 4) is 12.3 Å². The Kier molecular flexibility index (Phi) is 3.66. The van der Waals surface area contributed by atoms with Gasteiger partial charge in [-0.1, -0.05) is 18.2 Å². The first-order chi connectivity index (χ1) is 8.74. The molecule has 0 saturated carbocycles. The van der Waals surface area contributed by atoms with E-state index in [2.05, 4.69) is 11.2 Å². The predicted molar refractivity (Wildman–Crippen MR) is 68.3 cm³/mol. The molecule has 0 fully saturated rings. The molecule has 18 heavy (non-hydrogen) atoms. The van der Waals surface area contributed by atoms with Gasteiger partial charge in [0.05, 0.1) is 6.54 Å². The number of carbonyl (C=O) groups is 1. The van der Waals surface area contributed by atoms with Gasteiger partial charge in [0.25, 0.3) is 0 Å². The lowest BCUT2D eigenvalue weighted by Crippen LogP contribution is -2.15. The molecule has 92 valence electrons. The van der Waals surface area contributed by atoms with Crippen molar-refractivity contribution in [2.75, 3.05) is 6.54 Å². The maximum Gasteiger partial charge on any atom is 0.339 e. The van der Waals surface area contributed by atoms with Crippen LogP contribution in [0.4, 0.5) is 0 Å². The highest BCUT2D eigenvalue weighted by molar-refractivity contribution is 6.03. The summed E-state index contributed by atoms with van der Waals surface area (Å²) in [4.78, 5) is 11.3. The average Bonchev–Trinajstić information content (AvgIpc) is 2.73. The van der Waals surface area contributed by atoms with E-state index in [1.54, 1.807) is 18.2 Å². The number of furan rings is 1. The summed E-state index contributed by atoms with van der Waals surface area (Å²) in [5, 5.41) is 12.9. The first kappa shape index (κ1) is 12.2. The zero-order valence-electron chi connectivity index (χ0n) is 9.77. The second-order valence-corrected chi connectivity index (χ2v) is 3.83. The highest BCUT2D eigenvalue weighted by Crippen LogP contribution is 2.25. The number of carboxylic acid groups (broad SMARTS) is 1. The molecule has 0 radical (unpaired) electrons. The maximum atomic E-state index is 11.3. The number of rotatable bonds is 5. The molecule has 2 rings (SSSR count). The van der Waals surface area contributed by atoms with Gasteiger partial charge >= 0.3 is 5.97 Å². The summed E-state index contributed by atoms with van der Waals surface area (Å²) in [7, 11) is 0. The summed E-state index contributed by atoms with van der Waals surface area (Å²) in [5.41, 5.74) is 0.808. The van der Waals surface area contributed by atoms with Gasteiger partial charge in [-0.15, -0.1) is 12.3 Å². The molecular weight excluding hydrogens is 230 g/mol. The summed E-state index contributed by atoms with van der Waals surface area (Å²) in [5.74, 6) is 1.96. The zero-order valence-corrected chi connectivity index (χ0v) is 9.77. The van der Waals surface area contributed by atoms with Crippen molar-refractivity contribution in [1.29, 1.82) is 0 Å². The molecule has 1 aromatic carbocycles. The lowest BCUT2D eigenvalue weighted by atomic mass is 10.1. The fourth-order valence-electron chi connectivity index (χ4n) is 1.82. The standard InChI is InChI=1S/C14H13NO3/c1-2-3-8-15-9-12-13(14(16)17)10-6-4-5-7-11(10)18-12/h1,4-7,15H,3,8-9H2,(H,16,17). The van der Waals surface area contributed by atoms with Crippen molar-refractivity contribution in [3.63, 3.8) is 0 Å². The van der Waals surface area contributed by atoms with E-state index in [1.165, 1.54) is 0 Å². The predicted octanol–water partition coefficient (Wildman–Crippen LogP) is 2.24. The highest BCUT2D eigenvalue weighted by Gasteiger charge is 2.19. The van der Waals surface area contributed by atoms with E-state index in [0.717, 1.165) is 0 Å². The van der Waals surface area contributed by atoms with E-state index in [4.69, 9.17) is 10.8 Å². The van der Waals surface area contributed by atoms with Crippen LogP contribution in [-0.4, -0.2) is 17.6 Å². The maximum absolute atomic E-state index is 11.3. The fourth-order valence-corrected chi connectivity index (χ4v) is 1.82. The van der Waals surface area contributed by atoms with Gasteiger partial charge in [-0.05, 0) is 6.07 Å². The Morgan fingerprint density at radius 1 is 1.44 bits per heavy atom. The molecule has 0 atom stereocenters. The zero-order chi connectivity index (χ0) is 13.0. The molecule has 0 aliphatic heterocycles. The molecule has 0 aliphatic carbocycles. The van der Waals surface area contributed by atoms with E-state index >= 15 is 0 Å². The quantitative estimate of drug-likeness (QED) is 0.624. The molecule has 2 aromatic rings. The van der Waals surface area contributed by atoms with Crippen molar-refractivity contribution in [1.82, 2.24) is 5.32 Å². The first-order valence-corrected chi connectivity index (χ1v) is 5.62. The Morgan fingerprint density at radius 2 is 2.22 bits per heavy atom. The Bertz CT molecular complexity index is 607. The fraction of sp³-hybridized carbons (Fsp3) is 0.214.